The van der Waals surface area contributed by atoms with E-state index in [1.165, 1.54) is 0 Å². The van der Waals surface area contributed by atoms with Crippen molar-refractivity contribution in [1.29, 1.82) is 0 Å². The molecule has 0 atom stereocenters. The zero-order valence-electron chi connectivity index (χ0n) is 14.4. The number of hydrogen-bond donors (Lipinski definition) is 3. The third-order valence-corrected chi connectivity index (χ3v) is 5.05. The third kappa shape index (κ3) is 4.04. The molecule has 0 unspecified atom stereocenters. The van der Waals surface area contributed by atoms with Gasteiger partial charge < -0.3 is 15.4 Å². The van der Waals surface area contributed by atoms with E-state index in [1.807, 2.05) is 13.8 Å². The Labute approximate surface area is 141 Å². The van der Waals surface area contributed by atoms with Crippen LogP contribution in [-0.2, 0) is 17.6 Å². The molecule has 0 saturated carbocycles. The Kier molecular flexibility index (Phi) is 5.80. The van der Waals surface area contributed by atoms with Crippen LogP contribution in [0.25, 0.3) is 0 Å². The maximum Gasteiger partial charge on any atom is 0.305 e. The second-order valence-electron chi connectivity index (χ2n) is 6.59. The topological polar surface area (TPSA) is 99.3 Å². The predicted molar refractivity (Wildman–Crippen MR) is 91.4 cm³/mol. The molecule has 0 aliphatic heterocycles. The first kappa shape index (κ1) is 18.2. The van der Waals surface area contributed by atoms with Gasteiger partial charge >= 0.3 is 5.97 Å². The lowest BCUT2D eigenvalue weighted by Crippen LogP contribution is -2.50. The monoisotopic (exact) mass is 334 g/mol. The molecule has 1 aromatic rings. The van der Waals surface area contributed by atoms with Gasteiger partial charge in [0.1, 0.15) is 5.56 Å². The van der Waals surface area contributed by atoms with Crippen LogP contribution in [0.2, 0.25) is 0 Å². The van der Waals surface area contributed by atoms with Crippen LogP contribution in [0.5, 0.6) is 0 Å². The third-order valence-electron chi connectivity index (χ3n) is 5.05. The Morgan fingerprint density at radius 1 is 1.21 bits per heavy atom. The average Bonchev–Trinajstić information content (AvgIpc) is 2.77. The Balaban J connectivity index is 2.30. The SMILES string of the molecule is CCC(CC)(CC(=O)O)NC(=O)c1cc2c([nH]c1=O)CCCCC2. The van der Waals surface area contributed by atoms with E-state index in [0.29, 0.717) is 12.8 Å². The van der Waals surface area contributed by atoms with Gasteiger partial charge in [-0.3, -0.25) is 14.4 Å². The van der Waals surface area contributed by atoms with Crippen molar-refractivity contribution in [3.63, 3.8) is 0 Å². The number of nitrogens with one attached hydrogen (secondary N) is 2. The first-order chi connectivity index (χ1) is 11.4. The quantitative estimate of drug-likeness (QED) is 0.696. The summed E-state index contributed by atoms with van der Waals surface area (Å²) < 4.78 is 0. The van der Waals surface area contributed by atoms with Gasteiger partial charge in [-0.15, -0.1) is 0 Å². The fourth-order valence-electron chi connectivity index (χ4n) is 3.34. The molecule has 1 amide bonds. The summed E-state index contributed by atoms with van der Waals surface area (Å²) in [6.07, 6.45) is 5.72. The van der Waals surface area contributed by atoms with Gasteiger partial charge in [-0.05, 0) is 50.2 Å². The molecule has 1 aromatic heterocycles. The molecule has 24 heavy (non-hydrogen) atoms. The minimum absolute atomic E-state index is 0.0762. The van der Waals surface area contributed by atoms with Crippen molar-refractivity contribution in [1.82, 2.24) is 10.3 Å². The zero-order valence-corrected chi connectivity index (χ0v) is 14.4. The molecule has 0 radical (unpaired) electrons. The minimum atomic E-state index is -0.963. The normalized spacial score (nSPS) is 14.6. The van der Waals surface area contributed by atoms with Gasteiger partial charge in [0, 0.05) is 5.69 Å². The van der Waals surface area contributed by atoms with Gasteiger partial charge in [-0.1, -0.05) is 20.3 Å². The number of carboxylic acids is 1. The van der Waals surface area contributed by atoms with E-state index in [2.05, 4.69) is 10.3 Å². The summed E-state index contributed by atoms with van der Waals surface area (Å²) in [5.41, 5.74) is 0.796. The highest BCUT2D eigenvalue weighted by molar-refractivity contribution is 5.94. The van der Waals surface area contributed by atoms with Crippen molar-refractivity contribution in [3.8, 4) is 0 Å². The number of carbonyl (C=O) groups is 2. The number of carboxylic acid groups (broad SMARTS) is 1. The summed E-state index contributed by atoms with van der Waals surface area (Å²) in [6, 6.07) is 1.69. The predicted octanol–water partition coefficient (Wildman–Crippen LogP) is 2.41. The van der Waals surface area contributed by atoms with Crippen LogP contribution < -0.4 is 10.9 Å². The molecule has 0 bridgehead atoms. The Morgan fingerprint density at radius 3 is 2.50 bits per heavy atom. The van der Waals surface area contributed by atoms with Gasteiger partial charge in [0.2, 0.25) is 0 Å². The van der Waals surface area contributed by atoms with Crippen molar-refractivity contribution in [3.05, 3.63) is 33.2 Å². The number of rotatable bonds is 6. The lowest BCUT2D eigenvalue weighted by atomic mass is 9.88. The van der Waals surface area contributed by atoms with Crippen LogP contribution in [0, 0.1) is 0 Å². The van der Waals surface area contributed by atoms with E-state index in [4.69, 9.17) is 5.11 Å². The molecule has 3 N–H and O–H groups in total. The van der Waals surface area contributed by atoms with Gasteiger partial charge in [-0.25, -0.2) is 0 Å². The molecule has 0 aromatic carbocycles. The lowest BCUT2D eigenvalue weighted by molar-refractivity contribution is -0.138. The molecular weight excluding hydrogens is 308 g/mol. The number of fused-ring (bicyclic) bond motifs is 1. The number of carbonyl (C=O) groups excluding carboxylic acids is 1. The van der Waals surface area contributed by atoms with E-state index in [-0.39, 0.29) is 12.0 Å². The highest BCUT2D eigenvalue weighted by Gasteiger charge is 2.32. The maximum atomic E-state index is 12.6. The van der Waals surface area contributed by atoms with Crippen LogP contribution in [0.15, 0.2) is 10.9 Å². The number of aromatic amines is 1. The molecule has 6 nitrogen and oxygen atoms in total. The molecule has 6 heteroatoms. The van der Waals surface area contributed by atoms with Crippen molar-refractivity contribution in [2.45, 2.75) is 70.8 Å². The number of H-pyrrole nitrogens is 1. The summed E-state index contributed by atoms with van der Waals surface area (Å²) in [7, 11) is 0. The Bertz CT molecular complexity index is 674. The van der Waals surface area contributed by atoms with E-state index in [9.17, 15) is 14.4 Å². The van der Waals surface area contributed by atoms with E-state index < -0.39 is 23.0 Å². The fraction of sp³-hybridized carbons (Fsp3) is 0.611. The van der Waals surface area contributed by atoms with Crippen LogP contribution in [0.4, 0.5) is 0 Å². The second kappa shape index (κ2) is 7.64. The summed E-state index contributed by atoms with van der Waals surface area (Å²) in [5, 5.41) is 11.9. The molecule has 0 fully saturated rings. The smallest absolute Gasteiger partial charge is 0.305 e. The summed E-state index contributed by atoms with van der Waals surface area (Å²) >= 11 is 0. The number of hydrogen-bond acceptors (Lipinski definition) is 3. The summed E-state index contributed by atoms with van der Waals surface area (Å²) in [5.74, 6) is -1.46. The van der Waals surface area contributed by atoms with Crippen molar-refractivity contribution in [2.75, 3.05) is 0 Å². The first-order valence-electron chi connectivity index (χ1n) is 8.70. The fourth-order valence-corrected chi connectivity index (χ4v) is 3.34. The summed E-state index contributed by atoms with van der Waals surface area (Å²) in [4.78, 5) is 38.9. The number of aryl methyl sites for hydroxylation is 2. The number of amides is 1. The largest absolute Gasteiger partial charge is 0.481 e. The number of aliphatic carboxylic acids is 1. The standard InChI is InChI=1S/C18H26N2O4/c1-3-18(4-2,11-15(21)22)20-17(24)13-10-12-8-6-5-7-9-14(12)19-16(13)23/h10H,3-9,11H2,1-2H3,(H,19,23)(H,20,24)(H,21,22). The average molecular weight is 334 g/mol. The van der Waals surface area contributed by atoms with E-state index in [0.717, 1.165) is 43.4 Å². The molecule has 1 aliphatic rings. The number of aromatic nitrogens is 1. The van der Waals surface area contributed by atoms with Crippen molar-refractivity contribution >= 4 is 11.9 Å². The highest BCUT2D eigenvalue weighted by atomic mass is 16.4. The molecule has 1 aliphatic carbocycles. The van der Waals surface area contributed by atoms with Crippen molar-refractivity contribution in [2.24, 2.45) is 0 Å². The first-order valence-corrected chi connectivity index (χ1v) is 8.70. The minimum Gasteiger partial charge on any atom is -0.481 e. The van der Waals surface area contributed by atoms with Crippen molar-refractivity contribution < 1.29 is 14.7 Å². The van der Waals surface area contributed by atoms with Crippen LogP contribution >= 0.6 is 0 Å². The molecular formula is C18H26N2O4. The molecule has 1 heterocycles. The maximum absolute atomic E-state index is 12.6. The van der Waals surface area contributed by atoms with Crippen LogP contribution in [0.1, 0.15) is 74.0 Å². The molecule has 2 rings (SSSR count). The van der Waals surface area contributed by atoms with Gasteiger partial charge in [0.25, 0.3) is 11.5 Å². The van der Waals surface area contributed by atoms with Gasteiger partial charge in [0.15, 0.2) is 0 Å². The number of pyridine rings is 1. The molecule has 132 valence electrons. The zero-order chi connectivity index (χ0) is 17.7. The Hall–Kier alpha value is -2.11. The highest BCUT2D eigenvalue weighted by Crippen LogP contribution is 2.22. The van der Waals surface area contributed by atoms with Crippen LogP contribution in [0.3, 0.4) is 0 Å². The lowest BCUT2D eigenvalue weighted by Gasteiger charge is -2.31. The summed E-state index contributed by atoms with van der Waals surface area (Å²) in [6.45, 7) is 3.68. The van der Waals surface area contributed by atoms with Crippen LogP contribution in [-0.4, -0.2) is 27.5 Å². The second-order valence-corrected chi connectivity index (χ2v) is 6.59. The van der Waals surface area contributed by atoms with Gasteiger partial charge in [-0.2, -0.15) is 0 Å². The van der Waals surface area contributed by atoms with Gasteiger partial charge in [0.05, 0.1) is 12.0 Å². The van der Waals surface area contributed by atoms with E-state index in [1.54, 1.807) is 6.07 Å². The Morgan fingerprint density at radius 2 is 1.88 bits per heavy atom. The molecule has 0 spiro atoms. The molecule has 0 saturated heterocycles. The van der Waals surface area contributed by atoms with E-state index >= 15 is 0 Å².